The summed E-state index contributed by atoms with van der Waals surface area (Å²) in [5.74, 6) is -0.205. The third-order valence-corrected chi connectivity index (χ3v) is 7.19. The van der Waals surface area contributed by atoms with Crippen LogP contribution in [0.3, 0.4) is 0 Å². The van der Waals surface area contributed by atoms with Gasteiger partial charge in [-0.2, -0.15) is 0 Å². The highest BCUT2D eigenvalue weighted by atomic mass is 16.2. The number of pyridine rings is 1. The average molecular weight is 434 g/mol. The molecule has 2 aromatic rings. The first-order chi connectivity index (χ1) is 15.3. The molecule has 2 N–H and O–H groups in total. The van der Waals surface area contributed by atoms with Gasteiger partial charge in [0.2, 0.25) is 11.8 Å². The Hall–Kier alpha value is -3.02. The largest absolute Gasteiger partial charge is 0.348 e. The number of amides is 3. The summed E-state index contributed by atoms with van der Waals surface area (Å²) in [6, 6.07) is 11.5. The Morgan fingerprint density at radius 1 is 1.19 bits per heavy atom. The summed E-state index contributed by atoms with van der Waals surface area (Å²) in [6.45, 7) is 6.22. The van der Waals surface area contributed by atoms with Crippen LogP contribution in [0.5, 0.6) is 0 Å². The fraction of sp³-hybridized carbons (Fsp3) is 0.462. The number of imide groups is 1. The standard InChI is InChI=1S/C26H31N3O3/c1-16-12-18(13-22(28-16)20-6-4-5-7-20)15-27-24(31)21-10-8-19(9-11-21)17(2)26(3)14-23(30)29-25(26)32/h8-13,17,20H,4-7,14-15H2,1-3H3,(H,27,31)(H,29,30,32)/t17?,26-/m0/s1. The number of nitrogens with one attached hydrogen (secondary N) is 2. The van der Waals surface area contributed by atoms with Crippen molar-refractivity contribution in [3.05, 3.63) is 64.5 Å². The van der Waals surface area contributed by atoms with Crippen molar-refractivity contribution < 1.29 is 14.4 Å². The molecule has 1 saturated carbocycles. The van der Waals surface area contributed by atoms with E-state index in [9.17, 15) is 14.4 Å². The molecule has 1 aromatic heterocycles. The first kappa shape index (κ1) is 22.2. The Bertz CT molecular complexity index is 1040. The zero-order valence-electron chi connectivity index (χ0n) is 19.0. The van der Waals surface area contributed by atoms with E-state index in [1.807, 2.05) is 39.0 Å². The number of hydrogen-bond acceptors (Lipinski definition) is 4. The van der Waals surface area contributed by atoms with E-state index in [-0.39, 0.29) is 30.1 Å². The zero-order chi connectivity index (χ0) is 22.9. The first-order valence-electron chi connectivity index (χ1n) is 11.5. The van der Waals surface area contributed by atoms with Crippen molar-refractivity contribution in [3.8, 4) is 0 Å². The summed E-state index contributed by atoms with van der Waals surface area (Å²) in [6.07, 6.45) is 5.11. The molecule has 1 unspecified atom stereocenters. The minimum Gasteiger partial charge on any atom is -0.348 e. The van der Waals surface area contributed by atoms with Crippen LogP contribution < -0.4 is 10.6 Å². The number of carbonyl (C=O) groups excluding carboxylic acids is 3. The average Bonchev–Trinajstić information content (AvgIpc) is 3.40. The number of rotatable bonds is 6. The summed E-state index contributed by atoms with van der Waals surface area (Å²) in [4.78, 5) is 41.3. The lowest BCUT2D eigenvalue weighted by molar-refractivity contribution is -0.128. The molecule has 0 spiro atoms. The van der Waals surface area contributed by atoms with E-state index in [1.165, 1.54) is 25.7 Å². The van der Waals surface area contributed by atoms with Gasteiger partial charge in [0.05, 0.1) is 5.41 Å². The normalized spacial score (nSPS) is 22.1. The highest BCUT2D eigenvalue weighted by molar-refractivity contribution is 6.06. The van der Waals surface area contributed by atoms with E-state index in [0.717, 1.165) is 22.5 Å². The van der Waals surface area contributed by atoms with Crippen LogP contribution in [0.4, 0.5) is 0 Å². The van der Waals surface area contributed by atoms with Gasteiger partial charge in [-0.3, -0.25) is 24.7 Å². The van der Waals surface area contributed by atoms with Crippen LogP contribution in [0.1, 0.15) is 90.7 Å². The van der Waals surface area contributed by atoms with Gasteiger partial charge in [-0.1, -0.05) is 31.9 Å². The van der Waals surface area contributed by atoms with Crippen LogP contribution in [-0.2, 0) is 16.1 Å². The number of aryl methyl sites for hydroxylation is 1. The summed E-state index contributed by atoms with van der Waals surface area (Å²) in [5.41, 5.74) is 3.94. The number of benzene rings is 1. The minimum atomic E-state index is -0.767. The lowest BCUT2D eigenvalue weighted by Crippen LogP contribution is -2.33. The Morgan fingerprint density at radius 2 is 1.88 bits per heavy atom. The Balaban J connectivity index is 1.40. The zero-order valence-corrected chi connectivity index (χ0v) is 19.0. The monoisotopic (exact) mass is 433 g/mol. The van der Waals surface area contributed by atoms with E-state index in [0.29, 0.717) is 18.0 Å². The molecule has 168 valence electrons. The molecule has 2 aliphatic rings. The number of hydrogen-bond donors (Lipinski definition) is 2. The lowest BCUT2D eigenvalue weighted by atomic mass is 9.73. The fourth-order valence-electron chi connectivity index (χ4n) is 4.95. The van der Waals surface area contributed by atoms with E-state index < -0.39 is 5.41 Å². The predicted octanol–water partition coefficient (Wildman–Crippen LogP) is 4.13. The molecule has 4 rings (SSSR count). The summed E-state index contributed by atoms with van der Waals surface area (Å²) >= 11 is 0. The van der Waals surface area contributed by atoms with Crippen molar-refractivity contribution in [1.29, 1.82) is 0 Å². The van der Waals surface area contributed by atoms with Crippen LogP contribution >= 0.6 is 0 Å². The maximum absolute atomic E-state index is 12.7. The van der Waals surface area contributed by atoms with E-state index in [4.69, 9.17) is 4.98 Å². The van der Waals surface area contributed by atoms with Gasteiger partial charge in [-0.15, -0.1) is 0 Å². The van der Waals surface area contributed by atoms with Gasteiger partial charge in [0.15, 0.2) is 0 Å². The van der Waals surface area contributed by atoms with E-state index in [1.54, 1.807) is 12.1 Å². The molecular weight excluding hydrogens is 402 g/mol. The van der Waals surface area contributed by atoms with Crippen LogP contribution in [0.15, 0.2) is 36.4 Å². The number of carbonyl (C=O) groups is 3. The molecule has 0 bridgehead atoms. The SMILES string of the molecule is Cc1cc(CNC(=O)c2ccc(C(C)[C@]3(C)CC(=O)NC3=O)cc2)cc(C2CCCC2)n1. The molecule has 1 aliphatic heterocycles. The first-order valence-corrected chi connectivity index (χ1v) is 11.5. The van der Waals surface area contributed by atoms with Crippen LogP contribution in [0, 0.1) is 12.3 Å². The molecule has 1 saturated heterocycles. The Labute approximate surface area is 189 Å². The van der Waals surface area contributed by atoms with E-state index in [2.05, 4.69) is 16.7 Å². The third-order valence-electron chi connectivity index (χ3n) is 7.19. The van der Waals surface area contributed by atoms with Crippen molar-refractivity contribution in [2.45, 2.75) is 71.3 Å². The van der Waals surface area contributed by atoms with Crippen molar-refractivity contribution >= 4 is 17.7 Å². The van der Waals surface area contributed by atoms with Crippen LogP contribution in [0.25, 0.3) is 0 Å². The topological polar surface area (TPSA) is 88.2 Å². The maximum atomic E-state index is 12.7. The second-order valence-corrected chi connectivity index (χ2v) is 9.52. The smallest absolute Gasteiger partial charge is 0.251 e. The molecule has 2 atom stereocenters. The van der Waals surface area contributed by atoms with Crippen LogP contribution in [-0.4, -0.2) is 22.7 Å². The van der Waals surface area contributed by atoms with Gasteiger partial charge in [0, 0.05) is 35.8 Å². The third kappa shape index (κ3) is 4.45. The van der Waals surface area contributed by atoms with Crippen molar-refractivity contribution in [3.63, 3.8) is 0 Å². The van der Waals surface area contributed by atoms with Crippen molar-refractivity contribution in [2.75, 3.05) is 0 Å². The highest BCUT2D eigenvalue weighted by Crippen LogP contribution is 2.41. The molecule has 2 heterocycles. The molecule has 32 heavy (non-hydrogen) atoms. The summed E-state index contributed by atoms with van der Waals surface area (Å²) < 4.78 is 0. The summed E-state index contributed by atoms with van der Waals surface area (Å²) in [5, 5.41) is 5.41. The quantitative estimate of drug-likeness (QED) is 0.671. The number of aromatic nitrogens is 1. The molecule has 2 fully saturated rings. The molecule has 3 amide bonds. The fourth-order valence-corrected chi connectivity index (χ4v) is 4.95. The van der Waals surface area contributed by atoms with Crippen molar-refractivity contribution in [1.82, 2.24) is 15.6 Å². The van der Waals surface area contributed by atoms with Crippen molar-refractivity contribution in [2.24, 2.45) is 5.41 Å². The van der Waals surface area contributed by atoms with Gasteiger partial charge >= 0.3 is 0 Å². The summed E-state index contributed by atoms with van der Waals surface area (Å²) in [7, 11) is 0. The minimum absolute atomic E-state index is 0.138. The molecule has 6 heteroatoms. The van der Waals surface area contributed by atoms with Gasteiger partial charge in [-0.25, -0.2) is 0 Å². The molecule has 1 aliphatic carbocycles. The van der Waals surface area contributed by atoms with E-state index >= 15 is 0 Å². The molecule has 6 nitrogen and oxygen atoms in total. The second kappa shape index (κ2) is 8.85. The highest BCUT2D eigenvalue weighted by Gasteiger charge is 2.46. The Kier molecular flexibility index (Phi) is 6.13. The molecular formula is C26H31N3O3. The lowest BCUT2D eigenvalue weighted by Gasteiger charge is -2.28. The predicted molar refractivity (Wildman–Crippen MR) is 122 cm³/mol. The van der Waals surface area contributed by atoms with Gasteiger partial charge < -0.3 is 5.32 Å². The number of nitrogens with zero attached hydrogens (tertiary/aromatic N) is 1. The molecule has 1 aromatic carbocycles. The second-order valence-electron chi connectivity index (χ2n) is 9.52. The van der Waals surface area contributed by atoms with Crippen LogP contribution in [0.2, 0.25) is 0 Å². The van der Waals surface area contributed by atoms with Gasteiger partial charge in [0.1, 0.15) is 0 Å². The van der Waals surface area contributed by atoms with Gasteiger partial charge in [-0.05, 0) is 68.0 Å². The van der Waals surface area contributed by atoms with Gasteiger partial charge in [0.25, 0.3) is 5.91 Å². The molecule has 0 radical (unpaired) electrons. The maximum Gasteiger partial charge on any atom is 0.251 e. The Morgan fingerprint density at radius 3 is 2.50 bits per heavy atom.